The minimum atomic E-state index is -0.686. The average Bonchev–Trinajstić information content (AvgIpc) is 2.73. The molecule has 1 aliphatic rings. The fourth-order valence-electron chi connectivity index (χ4n) is 3.92. The maximum absolute atomic E-state index is 13.7. The zero-order valence-corrected chi connectivity index (χ0v) is 19.9. The quantitative estimate of drug-likeness (QED) is 0.577. The molecule has 1 aliphatic heterocycles. The van der Waals surface area contributed by atoms with Crippen LogP contribution < -0.4 is 10.6 Å². The Balaban J connectivity index is 2.15. The van der Waals surface area contributed by atoms with E-state index in [1.165, 1.54) is 19.2 Å². The molecule has 0 saturated carbocycles. The number of benzene rings is 2. The molecular weight excluding hydrogens is 419 g/mol. The molecule has 0 aliphatic carbocycles. The smallest absolute Gasteiger partial charge is 0.251 e. The summed E-state index contributed by atoms with van der Waals surface area (Å²) in [7, 11) is 1.50. The molecule has 1 unspecified atom stereocenters. The van der Waals surface area contributed by atoms with Crippen molar-refractivity contribution in [3.05, 3.63) is 82.4 Å². The molecule has 1 heterocycles. The molecule has 33 heavy (non-hydrogen) atoms. The molecule has 0 aromatic heterocycles. The van der Waals surface area contributed by atoms with E-state index in [9.17, 15) is 9.18 Å². The maximum Gasteiger partial charge on any atom is 0.251 e. The van der Waals surface area contributed by atoms with Crippen LogP contribution in [0.3, 0.4) is 0 Å². The van der Waals surface area contributed by atoms with Gasteiger partial charge in [0, 0.05) is 28.3 Å². The fraction of sp³-hybridized carbons (Fsp3) is 0.346. The Kier molecular flexibility index (Phi) is 7.01. The van der Waals surface area contributed by atoms with Crippen LogP contribution in [0.4, 0.5) is 4.39 Å². The summed E-state index contributed by atoms with van der Waals surface area (Å²) in [6.07, 6.45) is 0. The Morgan fingerprint density at radius 3 is 2.36 bits per heavy atom. The van der Waals surface area contributed by atoms with E-state index in [1.807, 2.05) is 39.8 Å². The highest BCUT2D eigenvalue weighted by molar-refractivity contribution is 6.04. The molecule has 2 aromatic rings. The molecule has 0 bridgehead atoms. The summed E-state index contributed by atoms with van der Waals surface area (Å²) in [5, 5.41) is 15.0. The molecule has 0 fully saturated rings. The van der Waals surface area contributed by atoms with Gasteiger partial charge in [0.1, 0.15) is 17.7 Å². The van der Waals surface area contributed by atoms with E-state index >= 15 is 0 Å². The number of methoxy groups -OCH3 is 1. The predicted molar refractivity (Wildman–Crippen MR) is 129 cm³/mol. The zero-order chi connectivity index (χ0) is 24.3. The zero-order valence-electron chi connectivity index (χ0n) is 19.9. The Morgan fingerprint density at radius 2 is 1.82 bits per heavy atom. The van der Waals surface area contributed by atoms with Crippen LogP contribution in [0, 0.1) is 18.2 Å². The van der Waals surface area contributed by atoms with Crippen LogP contribution in [0.25, 0.3) is 0 Å². The van der Waals surface area contributed by atoms with Crippen LogP contribution in [-0.2, 0) is 4.74 Å². The third-order valence-electron chi connectivity index (χ3n) is 5.29. The first-order valence-electron chi connectivity index (χ1n) is 10.8. The summed E-state index contributed by atoms with van der Waals surface area (Å²) in [5.74, 6) is -0.339. The van der Waals surface area contributed by atoms with Crippen LogP contribution in [0.2, 0.25) is 0 Å². The van der Waals surface area contributed by atoms with E-state index in [1.54, 1.807) is 31.2 Å². The van der Waals surface area contributed by atoms with Crippen LogP contribution in [0.1, 0.15) is 55.1 Å². The van der Waals surface area contributed by atoms with Gasteiger partial charge in [0.15, 0.2) is 0 Å². The molecular formula is C26H31FN4O2. The van der Waals surface area contributed by atoms with Crippen LogP contribution >= 0.6 is 0 Å². The van der Waals surface area contributed by atoms with Gasteiger partial charge in [0.05, 0.1) is 7.11 Å². The molecule has 174 valence electrons. The molecule has 1 amide bonds. The van der Waals surface area contributed by atoms with Crippen molar-refractivity contribution in [3.8, 4) is 0 Å². The molecule has 2 atom stereocenters. The number of carbonyl (C=O) groups excluding carboxylic acids is 1. The Bertz CT molecular complexity index is 1110. The van der Waals surface area contributed by atoms with Gasteiger partial charge in [0.25, 0.3) is 5.91 Å². The normalized spacial score (nSPS) is 18.5. The second kappa shape index (κ2) is 9.57. The number of halogens is 1. The van der Waals surface area contributed by atoms with E-state index in [2.05, 4.69) is 15.6 Å². The summed E-state index contributed by atoms with van der Waals surface area (Å²) in [4.78, 5) is 17.8. The van der Waals surface area contributed by atoms with E-state index in [0.717, 1.165) is 11.1 Å². The first kappa shape index (κ1) is 24.2. The highest BCUT2D eigenvalue weighted by Gasteiger charge is 2.40. The van der Waals surface area contributed by atoms with Crippen molar-refractivity contribution < 1.29 is 13.9 Å². The summed E-state index contributed by atoms with van der Waals surface area (Å²) in [6, 6.07) is 12.7. The second-order valence-corrected chi connectivity index (χ2v) is 9.27. The number of aliphatic imine (C=N–C) groups is 1. The van der Waals surface area contributed by atoms with E-state index in [0.29, 0.717) is 28.6 Å². The lowest BCUT2D eigenvalue weighted by Gasteiger charge is -2.36. The lowest BCUT2D eigenvalue weighted by atomic mass is 9.80. The molecule has 3 N–H and O–H groups in total. The molecule has 0 spiro atoms. The van der Waals surface area contributed by atoms with Gasteiger partial charge >= 0.3 is 0 Å². The third-order valence-corrected chi connectivity index (χ3v) is 5.29. The summed E-state index contributed by atoms with van der Waals surface area (Å²) < 4.78 is 19.4. The van der Waals surface area contributed by atoms with Gasteiger partial charge in [-0.3, -0.25) is 4.79 Å². The van der Waals surface area contributed by atoms with Crippen LogP contribution in [-0.4, -0.2) is 36.2 Å². The SMILES string of the molecule is COC1=NC(NC(C)(C)C)=C(C(C)=N)[C@H](c2ccc(F)cc2)C1NC(=O)c1cccc(C)c1. The molecule has 3 rings (SSSR count). The Hall–Kier alpha value is -3.48. The Morgan fingerprint density at radius 1 is 1.15 bits per heavy atom. The molecule has 2 aromatic carbocycles. The van der Waals surface area contributed by atoms with Gasteiger partial charge in [-0.2, -0.15) is 4.99 Å². The van der Waals surface area contributed by atoms with Gasteiger partial charge in [-0.05, 0) is 64.4 Å². The predicted octanol–water partition coefficient (Wildman–Crippen LogP) is 4.71. The number of nitrogens with zero attached hydrogens (tertiary/aromatic N) is 1. The Labute approximate surface area is 194 Å². The first-order chi connectivity index (χ1) is 15.5. The monoisotopic (exact) mass is 450 g/mol. The largest absolute Gasteiger partial charge is 0.483 e. The standard InChI is InChI=1S/C26H31FN4O2/c1-15-8-7-9-18(14-15)24(32)29-22-21(17-10-12-19(27)13-11-17)20(16(2)28)23(30-25(22)33-6)31-26(3,4)5/h7-14,21-22,28,31H,1-6H3,(H,29,32)/t21-,22?/m0/s1. The first-order valence-corrected chi connectivity index (χ1v) is 10.8. The highest BCUT2D eigenvalue weighted by Crippen LogP contribution is 2.36. The number of hydrogen-bond donors (Lipinski definition) is 3. The van der Waals surface area contributed by atoms with Gasteiger partial charge < -0.3 is 20.8 Å². The number of amides is 1. The molecule has 0 saturated heterocycles. The van der Waals surface area contributed by atoms with Gasteiger partial charge in [-0.15, -0.1) is 0 Å². The molecule has 7 heteroatoms. The number of aryl methyl sites for hydroxylation is 1. The number of carbonyl (C=O) groups is 1. The summed E-state index contributed by atoms with van der Waals surface area (Å²) >= 11 is 0. The third kappa shape index (κ3) is 5.66. The maximum atomic E-state index is 13.7. The lowest BCUT2D eigenvalue weighted by Crippen LogP contribution is -2.50. The van der Waals surface area contributed by atoms with E-state index < -0.39 is 12.0 Å². The molecule has 6 nitrogen and oxygen atoms in total. The van der Waals surface area contributed by atoms with E-state index in [4.69, 9.17) is 10.1 Å². The van der Waals surface area contributed by atoms with Gasteiger partial charge in [0.2, 0.25) is 5.90 Å². The summed E-state index contributed by atoms with van der Waals surface area (Å²) in [5.41, 5.74) is 2.80. The summed E-state index contributed by atoms with van der Waals surface area (Å²) in [6.45, 7) is 9.60. The minimum Gasteiger partial charge on any atom is -0.483 e. The minimum absolute atomic E-state index is 0.283. The molecule has 0 radical (unpaired) electrons. The van der Waals surface area contributed by atoms with Crippen LogP contribution in [0.5, 0.6) is 0 Å². The van der Waals surface area contributed by atoms with Gasteiger partial charge in [-0.25, -0.2) is 4.39 Å². The van der Waals surface area contributed by atoms with Crippen molar-refractivity contribution in [2.24, 2.45) is 4.99 Å². The number of rotatable bonds is 5. The highest BCUT2D eigenvalue weighted by atomic mass is 19.1. The second-order valence-electron chi connectivity index (χ2n) is 9.27. The number of ether oxygens (including phenoxy) is 1. The van der Waals surface area contributed by atoms with Crippen LogP contribution in [0.15, 0.2) is 64.9 Å². The van der Waals surface area contributed by atoms with Crippen molar-refractivity contribution in [2.75, 3.05) is 7.11 Å². The van der Waals surface area contributed by atoms with Crippen molar-refractivity contribution in [2.45, 2.75) is 52.1 Å². The number of hydrogen-bond acceptors (Lipinski definition) is 5. The fourth-order valence-corrected chi connectivity index (χ4v) is 3.92. The van der Waals surface area contributed by atoms with Gasteiger partial charge in [-0.1, -0.05) is 29.8 Å². The van der Waals surface area contributed by atoms with Crippen molar-refractivity contribution in [1.82, 2.24) is 10.6 Å². The van der Waals surface area contributed by atoms with Crippen molar-refractivity contribution in [1.29, 1.82) is 5.41 Å². The lowest BCUT2D eigenvalue weighted by molar-refractivity contribution is 0.0939. The average molecular weight is 451 g/mol. The van der Waals surface area contributed by atoms with Crippen molar-refractivity contribution >= 4 is 17.5 Å². The topological polar surface area (TPSA) is 86.6 Å². The van der Waals surface area contributed by atoms with E-state index in [-0.39, 0.29) is 17.3 Å². The number of nitrogens with one attached hydrogen (secondary N) is 3. The van der Waals surface area contributed by atoms with Crippen molar-refractivity contribution in [3.63, 3.8) is 0 Å².